The summed E-state index contributed by atoms with van der Waals surface area (Å²) in [7, 11) is -0.450. The summed E-state index contributed by atoms with van der Waals surface area (Å²) in [5.74, 6) is 0.611. The van der Waals surface area contributed by atoms with Crippen molar-refractivity contribution in [3.8, 4) is 5.75 Å². The van der Waals surface area contributed by atoms with Gasteiger partial charge in [-0.2, -0.15) is 0 Å². The Balaban J connectivity index is 1.81. The Morgan fingerprint density at radius 3 is 2.15 bits per heavy atom. The van der Waals surface area contributed by atoms with Crippen LogP contribution < -0.4 is 15.9 Å². The van der Waals surface area contributed by atoms with Gasteiger partial charge in [0.25, 0.3) is 0 Å². The van der Waals surface area contributed by atoms with Crippen LogP contribution in [0.5, 0.6) is 5.75 Å². The molecule has 1 heterocycles. The molecule has 2 N–H and O–H groups in total. The van der Waals surface area contributed by atoms with Crippen molar-refractivity contribution in [1.29, 1.82) is 0 Å². The first-order valence-electron chi connectivity index (χ1n) is 8.76. The third kappa shape index (κ3) is 3.70. The van der Waals surface area contributed by atoms with E-state index in [1.807, 2.05) is 77.1 Å². The quantitative estimate of drug-likeness (QED) is 0.639. The number of hydrogen-bond donors (Lipinski definition) is 1. The number of nitrogens with two attached hydrogens (primary N) is 1. The van der Waals surface area contributed by atoms with Crippen LogP contribution in [0.4, 0.5) is 5.69 Å². The van der Waals surface area contributed by atoms with E-state index in [2.05, 4.69) is 0 Å². The molecule has 0 saturated carbocycles. The molecule has 0 bridgehead atoms. The van der Waals surface area contributed by atoms with E-state index < -0.39 is 18.3 Å². The van der Waals surface area contributed by atoms with Gasteiger partial charge in [-0.3, -0.25) is 0 Å². The molecule has 0 spiro atoms. The van der Waals surface area contributed by atoms with Crippen molar-refractivity contribution in [2.45, 2.75) is 51.9 Å². The molecule has 6 heteroatoms. The maximum absolute atomic E-state index is 6.12. The van der Waals surface area contributed by atoms with Crippen molar-refractivity contribution >= 4 is 29.9 Å². The molecule has 0 radical (unpaired) electrons. The molecule has 1 fully saturated rings. The lowest BCUT2D eigenvalue weighted by atomic mass is 9.79. The molecule has 0 amide bonds. The Morgan fingerprint density at radius 2 is 1.58 bits per heavy atom. The Kier molecular flexibility index (Phi) is 4.99. The van der Waals surface area contributed by atoms with Crippen molar-refractivity contribution in [3.63, 3.8) is 0 Å². The number of rotatable bonds is 4. The topological polar surface area (TPSA) is 53.7 Å². The van der Waals surface area contributed by atoms with Crippen molar-refractivity contribution in [2.24, 2.45) is 0 Å². The number of benzene rings is 2. The fourth-order valence-electron chi connectivity index (χ4n) is 2.77. The molecule has 4 nitrogen and oxygen atoms in total. The summed E-state index contributed by atoms with van der Waals surface area (Å²) >= 11 is 5.95. The van der Waals surface area contributed by atoms with Crippen LogP contribution in [0, 0.1) is 0 Å². The smallest absolute Gasteiger partial charge is 0.484 e. The van der Waals surface area contributed by atoms with Crippen LogP contribution in [-0.2, 0) is 9.31 Å². The highest BCUT2D eigenvalue weighted by Gasteiger charge is 2.51. The fraction of sp³-hybridized carbons (Fsp3) is 0.400. The molecule has 1 saturated heterocycles. The largest absolute Gasteiger partial charge is 0.494 e. The van der Waals surface area contributed by atoms with Gasteiger partial charge < -0.3 is 19.8 Å². The standard InChI is InChI=1S/C20H25BClNO3/c1-13(14-6-9-16(22)10-7-14)24-18-12-15(8-11-17(18)23)21-25-19(2,3)20(4,5)26-21/h6-13H,23H2,1-5H3. The monoisotopic (exact) mass is 373 g/mol. The maximum atomic E-state index is 6.12. The van der Waals surface area contributed by atoms with Crippen LogP contribution in [0.2, 0.25) is 5.02 Å². The number of hydrogen-bond acceptors (Lipinski definition) is 4. The molecule has 3 rings (SSSR count). The molecular weight excluding hydrogens is 348 g/mol. The summed E-state index contributed by atoms with van der Waals surface area (Å²) < 4.78 is 18.3. The first-order chi connectivity index (χ1) is 12.1. The molecule has 1 unspecified atom stereocenters. The van der Waals surface area contributed by atoms with Crippen molar-refractivity contribution in [2.75, 3.05) is 5.73 Å². The van der Waals surface area contributed by atoms with Gasteiger partial charge in [0.15, 0.2) is 0 Å². The van der Waals surface area contributed by atoms with Gasteiger partial charge in [-0.1, -0.05) is 29.8 Å². The van der Waals surface area contributed by atoms with Crippen LogP contribution in [0.15, 0.2) is 42.5 Å². The Bertz CT molecular complexity index is 776. The van der Waals surface area contributed by atoms with Crippen molar-refractivity contribution < 1.29 is 14.0 Å². The Labute approximate surface area is 160 Å². The number of ether oxygens (including phenoxy) is 1. The molecule has 1 aliphatic rings. The highest BCUT2D eigenvalue weighted by molar-refractivity contribution is 6.62. The Morgan fingerprint density at radius 1 is 1.00 bits per heavy atom. The molecule has 0 aromatic heterocycles. The van der Waals surface area contributed by atoms with E-state index in [0.717, 1.165) is 11.0 Å². The van der Waals surface area contributed by atoms with E-state index in [0.29, 0.717) is 16.5 Å². The summed E-state index contributed by atoms with van der Waals surface area (Å²) in [5.41, 5.74) is 7.82. The molecule has 26 heavy (non-hydrogen) atoms. The van der Waals surface area contributed by atoms with Crippen LogP contribution in [0.3, 0.4) is 0 Å². The highest BCUT2D eigenvalue weighted by Crippen LogP contribution is 2.37. The molecular formula is C20H25BClNO3. The highest BCUT2D eigenvalue weighted by atomic mass is 35.5. The van der Waals surface area contributed by atoms with Gasteiger partial charge in [0.1, 0.15) is 11.9 Å². The predicted octanol–water partition coefficient (Wildman–Crippen LogP) is 4.36. The van der Waals surface area contributed by atoms with Crippen LogP contribution in [-0.4, -0.2) is 18.3 Å². The van der Waals surface area contributed by atoms with Gasteiger partial charge in [0.05, 0.1) is 16.9 Å². The average Bonchev–Trinajstić information content (AvgIpc) is 2.78. The summed E-state index contributed by atoms with van der Waals surface area (Å²) in [6.07, 6.45) is -0.164. The summed E-state index contributed by atoms with van der Waals surface area (Å²) in [6.45, 7) is 10.1. The van der Waals surface area contributed by atoms with E-state index >= 15 is 0 Å². The van der Waals surface area contributed by atoms with Gasteiger partial charge in [-0.25, -0.2) is 0 Å². The van der Waals surface area contributed by atoms with E-state index in [-0.39, 0.29) is 6.10 Å². The number of nitrogen functional groups attached to an aromatic ring is 1. The van der Waals surface area contributed by atoms with Gasteiger partial charge in [0, 0.05) is 5.02 Å². The molecule has 1 atom stereocenters. The zero-order valence-corrected chi connectivity index (χ0v) is 16.6. The zero-order chi connectivity index (χ0) is 19.1. The second kappa shape index (κ2) is 6.80. The minimum atomic E-state index is -0.450. The van der Waals surface area contributed by atoms with E-state index in [1.165, 1.54) is 0 Å². The minimum absolute atomic E-state index is 0.164. The fourth-order valence-corrected chi connectivity index (χ4v) is 2.90. The lowest BCUT2D eigenvalue weighted by Crippen LogP contribution is -2.41. The van der Waals surface area contributed by atoms with E-state index in [9.17, 15) is 0 Å². The molecule has 1 aliphatic heterocycles. The Hall–Kier alpha value is -1.69. The van der Waals surface area contributed by atoms with Gasteiger partial charge >= 0.3 is 7.12 Å². The third-order valence-electron chi connectivity index (χ3n) is 5.21. The summed E-state index contributed by atoms with van der Waals surface area (Å²) in [5, 5.41) is 0.697. The molecule has 0 aliphatic carbocycles. The van der Waals surface area contributed by atoms with E-state index in [1.54, 1.807) is 0 Å². The molecule has 2 aromatic rings. The van der Waals surface area contributed by atoms with Gasteiger partial charge in [-0.05, 0) is 69.9 Å². The SMILES string of the molecule is CC(Oc1cc(B2OC(C)(C)C(C)(C)O2)ccc1N)c1ccc(Cl)cc1. The minimum Gasteiger partial charge on any atom is -0.484 e. The van der Waals surface area contributed by atoms with Crippen molar-refractivity contribution in [3.05, 3.63) is 53.1 Å². The lowest BCUT2D eigenvalue weighted by molar-refractivity contribution is 0.00578. The molecule has 138 valence electrons. The maximum Gasteiger partial charge on any atom is 0.494 e. The van der Waals surface area contributed by atoms with Gasteiger partial charge in [-0.15, -0.1) is 0 Å². The number of halogens is 1. The van der Waals surface area contributed by atoms with Crippen LogP contribution in [0.25, 0.3) is 0 Å². The van der Waals surface area contributed by atoms with E-state index in [4.69, 9.17) is 31.4 Å². The normalized spacial score (nSPS) is 19.4. The van der Waals surface area contributed by atoms with Crippen molar-refractivity contribution in [1.82, 2.24) is 0 Å². The van der Waals surface area contributed by atoms with Crippen LogP contribution in [0.1, 0.15) is 46.3 Å². The summed E-state index contributed by atoms with van der Waals surface area (Å²) in [4.78, 5) is 0. The second-order valence-electron chi connectivity index (χ2n) is 7.70. The third-order valence-corrected chi connectivity index (χ3v) is 5.46. The number of anilines is 1. The summed E-state index contributed by atoms with van der Waals surface area (Å²) in [6, 6.07) is 13.2. The average molecular weight is 374 g/mol. The van der Waals surface area contributed by atoms with Gasteiger partial charge in [0.2, 0.25) is 0 Å². The first-order valence-corrected chi connectivity index (χ1v) is 9.14. The lowest BCUT2D eigenvalue weighted by Gasteiger charge is -2.32. The van der Waals surface area contributed by atoms with Crippen LogP contribution >= 0.6 is 11.6 Å². The predicted molar refractivity (Wildman–Crippen MR) is 107 cm³/mol. The first kappa shape index (κ1) is 19.1. The second-order valence-corrected chi connectivity index (χ2v) is 8.13. The zero-order valence-electron chi connectivity index (χ0n) is 15.9. The molecule has 2 aromatic carbocycles.